The van der Waals surface area contributed by atoms with E-state index in [-0.39, 0.29) is 29.4 Å². The molecule has 1 amide bonds. The van der Waals surface area contributed by atoms with Crippen LogP contribution in [0.2, 0.25) is 0 Å². The molecule has 2 aromatic carbocycles. The van der Waals surface area contributed by atoms with E-state index in [9.17, 15) is 22.4 Å². The number of carbonyl (C=O) groups is 1. The third kappa shape index (κ3) is 4.32. The number of fused-ring (bicyclic) bond motifs is 1. The summed E-state index contributed by atoms with van der Waals surface area (Å²) in [5.74, 6) is -1.40. The molecule has 0 fully saturated rings. The number of hydrogen-bond acceptors (Lipinski definition) is 5. The van der Waals surface area contributed by atoms with Gasteiger partial charge in [0.25, 0.3) is 10.0 Å². The summed E-state index contributed by atoms with van der Waals surface area (Å²) < 4.78 is 49.7. The van der Waals surface area contributed by atoms with Gasteiger partial charge in [0.1, 0.15) is 12.4 Å². The Bertz CT molecular complexity index is 1280. The molecular formula is C20H23FN4O5S. The van der Waals surface area contributed by atoms with Gasteiger partial charge in [-0.1, -0.05) is 12.1 Å². The Kier molecular flexibility index (Phi) is 6.46. The van der Waals surface area contributed by atoms with Gasteiger partial charge in [-0.25, -0.2) is 17.6 Å². The summed E-state index contributed by atoms with van der Waals surface area (Å²) in [6, 6.07) is 9.47. The van der Waals surface area contributed by atoms with Gasteiger partial charge >= 0.3 is 5.69 Å². The molecule has 1 N–H and O–H groups in total. The van der Waals surface area contributed by atoms with Gasteiger partial charge in [-0.3, -0.25) is 18.2 Å². The fourth-order valence-corrected chi connectivity index (χ4v) is 4.66. The predicted molar refractivity (Wildman–Crippen MR) is 114 cm³/mol. The quantitative estimate of drug-likeness (QED) is 0.516. The van der Waals surface area contributed by atoms with E-state index in [0.717, 1.165) is 6.07 Å². The van der Waals surface area contributed by atoms with Crippen LogP contribution in [0.5, 0.6) is 0 Å². The van der Waals surface area contributed by atoms with Crippen LogP contribution in [0.3, 0.4) is 0 Å². The van der Waals surface area contributed by atoms with Gasteiger partial charge in [0, 0.05) is 27.7 Å². The molecule has 11 heteroatoms. The first kappa shape index (κ1) is 22.5. The summed E-state index contributed by atoms with van der Waals surface area (Å²) in [7, 11) is 0.235. The maximum atomic E-state index is 14.5. The summed E-state index contributed by atoms with van der Waals surface area (Å²) in [6.07, 6.45) is 0. The van der Waals surface area contributed by atoms with Gasteiger partial charge in [-0.05, 0) is 30.3 Å². The van der Waals surface area contributed by atoms with E-state index in [0.29, 0.717) is 15.3 Å². The van der Waals surface area contributed by atoms with E-state index >= 15 is 0 Å². The number of imidazole rings is 1. The smallest absolute Gasteiger partial charge is 0.328 e. The van der Waals surface area contributed by atoms with Crippen molar-refractivity contribution < 1.29 is 22.3 Å². The molecule has 31 heavy (non-hydrogen) atoms. The molecule has 0 saturated carbocycles. The highest BCUT2D eigenvalue weighted by molar-refractivity contribution is 7.92. The largest absolute Gasteiger partial charge is 0.383 e. The molecule has 0 aliphatic heterocycles. The Balaban J connectivity index is 2.08. The molecule has 9 nitrogen and oxygen atoms in total. The van der Waals surface area contributed by atoms with Crippen LogP contribution in [-0.4, -0.2) is 50.3 Å². The number of aromatic nitrogens is 2. The number of amides is 1. The molecule has 0 unspecified atom stereocenters. The Labute approximate surface area is 178 Å². The number of ether oxygens (including phenoxy) is 1. The van der Waals surface area contributed by atoms with Gasteiger partial charge < -0.3 is 10.1 Å². The summed E-state index contributed by atoms with van der Waals surface area (Å²) in [5.41, 5.74) is 0.368. The van der Waals surface area contributed by atoms with E-state index in [4.69, 9.17) is 4.74 Å². The van der Waals surface area contributed by atoms with E-state index in [1.54, 1.807) is 7.05 Å². The minimum atomic E-state index is -4.34. The van der Waals surface area contributed by atoms with Crippen molar-refractivity contribution >= 4 is 32.7 Å². The molecule has 1 aromatic heterocycles. The second kappa shape index (κ2) is 8.90. The van der Waals surface area contributed by atoms with Crippen LogP contribution in [0.25, 0.3) is 11.0 Å². The number of benzene rings is 2. The first-order chi connectivity index (χ1) is 14.7. The number of hydrogen-bond donors (Lipinski definition) is 1. The predicted octanol–water partition coefficient (Wildman–Crippen LogP) is 0.974. The molecule has 0 saturated heterocycles. The van der Waals surface area contributed by atoms with Crippen LogP contribution in [0.15, 0.2) is 52.2 Å². The molecule has 1 heterocycles. The number of rotatable bonds is 8. The monoisotopic (exact) mass is 450 g/mol. The number of nitrogens with zero attached hydrogens (tertiary/aromatic N) is 3. The number of carbonyl (C=O) groups excluding carboxylic acids is 1. The first-order valence-electron chi connectivity index (χ1n) is 9.37. The number of anilines is 1. The molecule has 0 radical (unpaired) electrons. The van der Waals surface area contributed by atoms with Gasteiger partial charge in [0.05, 0.1) is 28.2 Å². The molecule has 0 aliphatic carbocycles. The van der Waals surface area contributed by atoms with Crippen LogP contribution in [0.4, 0.5) is 10.1 Å². The van der Waals surface area contributed by atoms with Crippen LogP contribution >= 0.6 is 0 Å². The minimum Gasteiger partial charge on any atom is -0.383 e. The van der Waals surface area contributed by atoms with Gasteiger partial charge in [0.2, 0.25) is 5.91 Å². The zero-order valence-electron chi connectivity index (χ0n) is 17.3. The molecule has 3 aromatic rings. The summed E-state index contributed by atoms with van der Waals surface area (Å²) in [5, 5.41) is 2.54. The average molecular weight is 450 g/mol. The highest BCUT2D eigenvalue weighted by Crippen LogP contribution is 2.27. The van der Waals surface area contributed by atoms with E-state index < -0.39 is 28.3 Å². The first-order valence-corrected chi connectivity index (χ1v) is 10.8. The summed E-state index contributed by atoms with van der Waals surface area (Å²) >= 11 is 0. The average Bonchev–Trinajstić information content (AvgIpc) is 2.96. The Morgan fingerprint density at radius 2 is 1.81 bits per heavy atom. The van der Waals surface area contributed by atoms with Crippen LogP contribution in [0, 0.1) is 5.82 Å². The molecule has 0 aliphatic rings. The van der Waals surface area contributed by atoms with Gasteiger partial charge in [-0.15, -0.1) is 0 Å². The SMILES string of the molecule is COCCNC(=O)CN(c1ccccc1F)S(=O)(=O)c1ccc2c(c1)n(C)c(=O)n2C. The molecule has 0 spiro atoms. The number of sulfonamides is 1. The lowest BCUT2D eigenvalue weighted by Crippen LogP contribution is -2.42. The lowest BCUT2D eigenvalue weighted by atomic mass is 10.3. The van der Waals surface area contributed by atoms with Crippen molar-refractivity contribution in [3.05, 3.63) is 58.8 Å². The third-order valence-corrected chi connectivity index (χ3v) is 6.62. The number of aryl methyl sites for hydroxylation is 2. The maximum Gasteiger partial charge on any atom is 0.328 e. The zero-order chi connectivity index (χ0) is 22.8. The summed E-state index contributed by atoms with van der Waals surface area (Å²) in [4.78, 5) is 24.4. The molecule has 0 bridgehead atoms. The van der Waals surface area contributed by atoms with Crippen LogP contribution in [-0.2, 0) is 33.7 Å². The molecule has 0 atom stereocenters. The highest BCUT2D eigenvalue weighted by atomic mass is 32.2. The van der Waals surface area contributed by atoms with Crippen molar-refractivity contribution in [2.45, 2.75) is 4.90 Å². The second-order valence-electron chi connectivity index (χ2n) is 6.86. The number of para-hydroxylation sites is 1. The minimum absolute atomic E-state index is 0.172. The van der Waals surface area contributed by atoms with Crippen molar-refractivity contribution in [3.8, 4) is 0 Å². The fourth-order valence-electron chi connectivity index (χ4n) is 3.21. The van der Waals surface area contributed by atoms with Gasteiger partial charge in [0.15, 0.2) is 0 Å². The van der Waals surface area contributed by atoms with E-state index in [1.165, 1.54) is 59.7 Å². The zero-order valence-corrected chi connectivity index (χ0v) is 18.1. The third-order valence-electron chi connectivity index (χ3n) is 4.87. The lowest BCUT2D eigenvalue weighted by Gasteiger charge is -2.24. The number of nitrogens with one attached hydrogen (secondary N) is 1. The molecular weight excluding hydrogens is 427 g/mol. The van der Waals surface area contributed by atoms with E-state index in [1.807, 2.05) is 0 Å². The number of methoxy groups -OCH3 is 1. The normalized spacial score (nSPS) is 11.6. The van der Waals surface area contributed by atoms with Crippen molar-refractivity contribution in [1.82, 2.24) is 14.5 Å². The number of halogens is 1. The van der Waals surface area contributed by atoms with Gasteiger partial charge in [-0.2, -0.15) is 0 Å². The standard InChI is InChI=1S/C20H23FN4O5S/c1-23-17-9-8-14(12-18(17)24(2)20(23)27)31(28,29)25(13-19(26)22-10-11-30-3)16-7-5-4-6-15(16)21/h4-9,12H,10-11,13H2,1-3H3,(H,22,26). The Hall–Kier alpha value is -3.18. The van der Waals surface area contributed by atoms with Crippen molar-refractivity contribution in [2.24, 2.45) is 14.1 Å². The van der Waals surface area contributed by atoms with Crippen molar-refractivity contribution in [2.75, 3.05) is 31.1 Å². The lowest BCUT2D eigenvalue weighted by molar-refractivity contribution is -0.119. The Morgan fingerprint density at radius 3 is 2.48 bits per heavy atom. The maximum absolute atomic E-state index is 14.5. The highest BCUT2D eigenvalue weighted by Gasteiger charge is 2.29. The van der Waals surface area contributed by atoms with Crippen molar-refractivity contribution in [1.29, 1.82) is 0 Å². The molecule has 3 rings (SSSR count). The van der Waals surface area contributed by atoms with E-state index in [2.05, 4.69) is 5.32 Å². The second-order valence-corrected chi connectivity index (χ2v) is 8.72. The summed E-state index contributed by atoms with van der Waals surface area (Å²) in [6.45, 7) is -0.200. The molecule has 166 valence electrons. The van der Waals surface area contributed by atoms with Crippen molar-refractivity contribution in [3.63, 3.8) is 0 Å². The topological polar surface area (TPSA) is 103 Å². The van der Waals surface area contributed by atoms with Crippen LogP contribution in [0.1, 0.15) is 0 Å². The fraction of sp³-hybridized carbons (Fsp3) is 0.300. The Morgan fingerprint density at radius 1 is 1.13 bits per heavy atom. The van der Waals surface area contributed by atoms with Crippen LogP contribution < -0.4 is 15.3 Å².